The highest BCUT2D eigenvalue weighted by Crippen LogP contribution is 2.27. The third-order valence-electron chi connectivity index (χ3n) is 3.93. The van der Waals surface area contributed by atoms with Gasteiger partial charge in [-0.15, -0.1) is 0 Å². The number of benzene rings is 2. The van der Waals surface area contributed by atoms with E-state index in [9.17, 15) is 8.42 Å². The van der Waals surface area contributed by atoms with Gasteiger partial charge in [0.1, 0.15) is 0 Å². The molecule has 0 radical (unpaired) electrons. The predicted molar refractivity (Wildman–Crippen MR) is 90.1 cm³/mol. The summed E-state index contributed by atoms with van der Waals surface area (Å²) in [5.74, 6) is 0. The molecule has 0 amide bonds. The number of aryl methyl sites for hydroxylation is 1. The number of sulfonamides is 1. The highest BCUT2D eigenvalue weighted by molar-refractivity contribution is 7.89. The smallest absolute Gasteiger partial charge is 0.243 e. The van der Waals surface area contributed by atoms with Crippen LogP contribution in [-0.4, -0.2) is 32.4 Å². The molecule has 1 unspecified atom stereocenters. The van der Waals surface area contributed by atoms with Crippen LogP contribution in [0.1, 0.15) is 17.2 Å². The Balaban J connectivity index is 1.82. The average Bonchev–Trinajstić information content (AvgIpc) is 2.56. The van der Waals surface area contributed by atoms with Crippen LogP contribution in [0.5, 0.6) is 0 Å². The standard InChI is InChI=1S/C17H18ClNO3S/c1-13-2-8-16(9-3-13)23(20,21)19-10-11-22-17(12-19)14-4-6-15(18)7-5-14/h2-9,17H,10-12H2,1H3. The molecule has 0 saturated carbocycles. The first-order valence-corrected chi connectivity index (χ1v) is 9.22. The molecule has 3 rings (SSSR count). The third-order valence-corrected chi connectivity index (χ3v) is 6.06. The number of hydrogen-bond acceptors (Lipinski definition) is 3. The van der Waals surface area contributed by atoms with Crippen molar-refractivity contribution >= 4 is 21.6 Å². The van der Waals surface area contributed by atoms with Crippen molar-refractivity contribution < 1.29 is 13.2 Å². The van der Waals surface area contributed by atoms with Crippen molar-refractivity contribution in [2.45, 2.75) is 17.9 Å². The summed E-state index contributed by atoms with van der Waals surface area (Å²) in [7, 11) is -3.50. The molecule has 1 aliphatic rings. The Kier molecular flexibility index (Phi) is 4.73. The molecule has 6 heteroatoms. The molecule has 0 aliphatic carbocycles. The van der Waals surface area contributed by atoms with Crippen LogP contribution in [0.2, 0.25) is 5.02 Å². The van der Waals surface area contributed by atoms with Gasteiger partial charge in [0.25, 0.3) is 0 Å². The van der Waals surface area contributed by atoms with Crippen molar-refractivity contribution in [2.75, 3.05) is 19.7 Å². The van der Waals surface area contributed by atoms with Crippen LogP contribution in [0.3, 0.4) is 0 Å². The minimum Gasteiger partial charge on any atom is -0.371 e. The zero-order valence-electron chi connectivity index (χ0n) is 12.8. The maximum Gasteiger partial charge on any atom is 0.243 e. The SMILES string of the molecule is Cc1ccc(S(=O)(=O)N2CCOC(c3ccc(Cl)cc3)C2)cc1. The quantitative estimate of drug-likeness (QED) is 0.851. The van der Waals surface area contributed by atoms with Crippen molar-refractivity contribution in [1.29, 1.82) is 0 Å². The zero-order chi connectivity index (χ0) is 16.4. The van der Waals surface area contributed by atoms with Gasteiger partial charge in [0.15, 0.2) is 0 Å². The fourth-order valence-electron chi connectivity index (χ4n) is 2.58. The summed E-state index contributed by atoms with van der Waals surface area (Å²) in [5, 5.41) is 0.647. The molecule has 1 atom stereocenters. The number of rotatable bonds is 3. The summed E-state index contributed by atoms with van der Waals surface area (Å²) < 4.78 is 32.8. The zero-order valence-corrected chi connectivity index (χ0v) is 14.3. The maximum absolute atomic E-state index is 12.8. The van der Waals surface area contributed by atoms with Gasteiger partial charge < -0.3 is 4.74 Å². The predicted octanol–water partition coefficient (Wildman–Crippen LogP) is 3.41. The first-order chi connectivity index (χ1) is 11.0. The van der Waals surface area contributed by atoms with Crippen molar-refractivity contribution in [2.24, 2.45) is 0 Å². The van der Waals surface area contributed by atoms with Crippen molar-refractivity contribution in [1.82, 2.24) is 4.31 Å². The highest BCUT2D eigenvalue weighted by Gasteiger charge is 2.31. The number of nitrogens with zero attached hydrogens (tertiary/aromatic N) is 1. The van der Waals surface area contributed by atoms with E-state index in [1.54, 1.807) is 24.3 Å². The van der Waals surface area contributed by atoms with Gasteiger partial charge in [-0.1, -0.05) is 41.4 Å². The molecule has 0 N–H and O–H groups in total. The maximum atomic E-state index is 12.8. The van der Waals surface area contributed by atoms with E-state index in [0.717, 1.165) is 11.1 Å². The molecule has 122 valence electrons. The molecule has 1 fully saturated rings. The fourth-order valence-corrected chi connectivity index (χ4v) is 4.13. The number of halogens is 1. The van der Waals surface area contributed by atoms with Crippen LogP contribution in [0.25, 0.3) is 0 Å². The lowest BCUT2D eigenvalue weighted by Gasteiger charge is -2.32. The lowest BCUT2D eigenvalue weighted by molar-refractivity contribution is -0.00255. The highest BCUT2D eigenvalue weighted by atomic mass is 35.5. The molecule has 0 bridgehead atoms. The van der Waals surface area contributed by atoms with E-state index >= 15 is 0 Å². The summed E-state index contributed by atoms with van der Waals surface area (Å²) in [6.07, 6.45) is -0.277. The summed E-state index contributed by atoms with van der Waals surface area (Å²) in [6, 6.07) is 14.2. The van der Waals surface area contributed by atoms with Gasteiger partial charge in [0.05, 0.1) is 17.6 Å². The second kappa shape index (κ2) is 6.61. The van der Waals surface area contributed by atoms with Gasteiger partial charge in [0.2, 0.25) is 10.0 Å². The summed E-state index contributed by atoms with van der Waals surface area (Å²) in [5.41, 5.74) is 1.96. The van der Waals surface area contributed by atoms with Gasteiger partial charge in [-0.05, 0) is 36.8 Å². The minimum absolute atomic E-state index is 0.277. The lowest BCUT2D eigenvalue weighted by atomic mass is 10.1. The molecule has 0 aromatic heterocycles. The first kappa shape index (κ1) is 16.5. The molecule has 0 spiro atoms. The van der Waals surface area contributed by atoms with Crippen LogP contribution < -0.4 is 0 Å². The van der Waals surface area contributed by atoms with Gasteiger partial charge in [-0.3, -0.25) is 0 Å². The normalized spacial score (nSPS) is 19.7. The third kappa shape index (κ3) is 3.58. The van der Waals surface area contributed by atoms with E-state index in [2.05, 4.69) is 0 Å². The Hall–Kier alpha value is -1.40. The summed E-state index contributed by atoms with van der Waals surface area (Å²) in [6.45, 7) is 2.97. The van der Waals surface area contributed by atoms with E-state index in [-0.39, 0.29) is 6.10 Å². The monoisotopic (exact) mass is 351 g/mol. The molecule has 23 heavy (non-hydrogen) atoms. The second-order valence-corrected chi connectivity index (χ2v) is 7.96. The number of hydrogen-bond donors (Lipinski definition) is 0. The lowest BCUT2D eigenvalue weighted by Crippen LogP contribution is -2.42. The van der Waals surface area contributed by atoms with Crippen LogP contribution in [0, 0.1) is 6.92 Å². The summed E-state index contributed by atoms with van der Waals surface area (Å²) >= 11 is 5.90. The van der Waals surface area contributed by atoms with E-state index in [0.29, 0.717) is 29.6 Å². The molecular weight excluding hydrogens is 334 g/mol. The van der Waals surface area contributed by atoms with Crippen molar-refractivity contribution in [3.8, 4) is 0 Å². The van der Waals surface area contributed by atoms with Crippen molar-refractivity contribution in [3.05, 3.63) is 64.7 Å². The van der Waals surface area contributed by atoms with Crippen LogP contribution >= 0.6 is 11.6 Å². The van der Waals surface area contributed by atoms with E-state index < -0.39 is 10.0 Å². The molecule has 1 heterocycles. The summed E-state index contributed by atoms with van der Waals surface area (Å²) in [4.78, 5) is 0.319. The first-order valence-electron chi connectivity index (χ1n) is 7.41. The van der Waals surface area contributed by atoms with E-state index in [1.165, 1.54) is 4.31 Å². The molecule has 1 aliphatic heterocycles. The Morgan fingerprint density at radius 1 is 1.09 bits per heavy atom. The van der Waals surface area contributed by atoms with Gasteiger partial charge >= 0.3 is 0 Å². The van der Waals surface area contributed by atoms with Crippen LogP contribution in [0.4, 0.5) is 0 Å². The number of ether oxygens (including phenoxy) is 1. The Labute approximate surface area is 141 Å². The van der Waals surface area contributed by atoms with Crippen LogP contribution in [0.15, 0.2) is 53.4 Å². The Morgan fingerprint density at radius 3 is 2.39 bits per heavy atom. The topological polar surface area (TPSA) is 46.6 Å². The minimum atomic E-state index is -3.50. The fraction of sp³-hybridized carbons (Fsp3) is 0.294. The molecule has 2 aromatic carbocycles. The Bertz CT molecular complexity index is 772. The van der Waals surface area contributed by atoms with Crippen LogP contribution in [-0.2, 0) is 14.8 Å². The van der Waals surface area contributed by atoms with E-state index in [4.69, 9.17) is 16.3 Å². The largest absolute Gasteiger partial charge is 0.371 e. The van der Waals surface area contributed by atoms with Crippen molar-refractivity contribution in [3.63, 3.8) is 0 Å². The van der Waals surface area contributed by atoms with Gasteiger partial charge in [0, 0.05) is 18.1 Å². The molecule has 2 aromatic rings. The Morgan fingerprint density at radius 2 is 1.74 bits per heavy atom. The second-order valence-electron chi connectivity index (χ2n) is 5.59. The van der Waals surface area contributed by atoms with E-state index in [1.807, 2.05) is 31.2 Å². The van der Waals surface area contributed by atoms with Gasteiger partial charge in [-0.2, -0.15) is 4.31 Å². The molecule has 1 saturated heterocycles. The van der Waals surface area contributed by atoms with Gasteiger partial charge in [-0.25, -0.2) is 8.42 Å². The average molecular weight is 352 g/mol. The molecule has 4 nitrogen and oxygen atoms in total. The number of morpholine rings is 1. The molecular formula is C17H18ClNO3S.